The van der Waals surface area contributed by atoms with Gasteiger partial charge in [-0.2, -0.15) is 5.10 Å². The number of ether oxygens (including phenoxy) is 2. The summed E-state index contributed by atoms with van der Waals surface area (Å²) in [4.78, 5) is 34.8. The zero-order chi connectivity index (χ0) is 28.8. The van der Waals surface area contributed by atoms with Gasteiger partial charge in [0.25, 0.3) is 11.8 Å². The van der Waals surface area contributed by atoms with Gasteiger partial charge in [0, 0.05) is 39.5 Å². The Labute approximate surface area is 235 Å². The number of aryl methyl sites for hydroxylation is 1. The molecule has 0 unspecified atom stereocenters. The molecular weight excluding hydrogens is 510 g/mol. The van der Waals surface area contributed by atoms with Gasteiger partial charge in [-0.25, -0.2) is 9.99 Å². The molecule has 1 saturated heterocycles. The molecule has 1 aromatic carbocycles. The first-order valence-corrected chi connectivity index (χ1v) is 13.4. The van der Waals surface area contributed by atoms with E-state index in [1.54, 1.807) is 12.0 Å². The Morgan fingerprint density at radius 1 is 1.18 bits per heavy atom. The topological polar surface area (TPSA) is 108 Å². The lowest BCUT2D eigenvalue weighted by Crippen LogP contribution is -2.50. The van der Waals surface area contributed by atoms with Crippen LogP contribution in [0.15, 0.2) is 53.9 Å². The minimum absolute atomic E-state index is 0.00672. The van der Waals surface area contributed by atoms with E-state index in [0.29, 0.717) is 62.9 Å². The van der Waals surface area contributed by atoms with Gasteiger partial charge in [-0.05, 0) is 54.7 Å². The van der Waals surface area contributed by atoms with Crippen LogP contribution in [0.2, 0.25) is 0 Å². The van der Waals surface area contributed by atoms with Crippen LogP contribution < -0.4 is 0 Å². The van der Waals surface area contributed by atoms with Crippen molar-refractivity contribution in [2.45, 2.75) is 47.0 Å². The van der Waals surface area contributed by atoms with E-state index in [1.165, 1.54) is 22.8 Å². The number of amides is 2. The van der Waals surface area contributed by atoms with Gasteiger partial charge in [0.05, 0.1) is 31.2 Å². The number of piperazine rings is 1. The second-order valence-corrected chi connectivity index (χ2v) is 9.82. The SMILES string of the molecule is C=CN(/N=C(\C)c1ccc2c(c1)COC2)C(=O)C(=CCC)N1CCN(C(=O)c2nc(COC)c(C)cc2O)CC1. The maximum atomic E-state index is 13.6. The fraction of sp³-hybridized carbons (Fsp3) is 0.400. The minimum Gasteiger partial charge on any atom is -0.505 e. The maximum absolute atomic E-state index is 13.6. The second kappa shape index (κ2) is 12.9. The molecule has 0 aliphatic carbocycles. The first kappa shape index (κ1) is 29.0. The van der Waals surface area contributed by atoms with Crippen LogP contribution in [0.25, 0.3) is 0 Å². The number of hydrazone groups is 1. The number of allylic oxidation sites excluding steroid dienone is 1. The summed E-state index contributed by atoms with van der Waals surface area (Å²) in [7, 11) is 1.56. The Hall–Kier alpha value is -4.02. The van der Waals surface area contributed by atoms with Crippen LogP contribution in [0.5, 0.6) is 5.75 Å². The summed E-state index contributed by atoms with van der Waals surface area (Å²) in [5, 5.41) is 16.3. The molecule has 3 heterocycles. The molecule has 10 heteroatoms. The van der Waals surface area contributed by atoms with E-state index in [0.717, 1.165) is 16.7 Å². The maximum Gasteiger partial charge on any atom is 0.294 e. The average molecular weight is 548 g/mol. The number of carbonyl (C=O) groups excluding carboxylic acids is 2. The lowest BCUT2D eigenvalue weighted by molar-refractivity contribution is -0.126. The third-order valence-electron chi connectivity index (χ3n) is 7.08. The standard InChI is InChI=1S/C30H37N5O5/c1-6-8-26(29(37)35(7-2)32-21(4)22-9-10-23-17-40-18-24(23)16-22)33-11-13-34(14-12-33)30(38)28-27(36)15-20(3)25(31-28)19-39-5/h7-10,15-16,36H,2,6,11-14,17-19H2,1,3-5H3/b26-8?,32-21+. The van der Waals surface area contributed by atoms with Crippen LogP contribution in [0, 0.1) is 6.92 Å². The number of pyridine rings is 1. The Kier molecular flexibility index (Phi) is 9.34. The fourth-order valence-corrected chi connectivity index (χ4v) is 4.83. The van der Waals surface area contributed by atoms with Gasteiger partial charge in [0.15, 0.2) is 5.69 Å². The van der Waals surface area contributed by atoms with Gasteiger partial charge in [0.1, 0.15) is 11.4 Å². The summed E-state index contributed by atoms with van der Waals surface area (Å²) in [6.45, 7) is 12.5. The average Bonchev–Trinajstić information content (AvgIpc) is 3.43. The molecular formula is C30H37N5O5. The van der Waals surface area contributed by atoms with Gasteiger partial charge in [-0.3, -0.25) is 9.59 Å². The number of methoxy groups -OCH3 is 1. The quantitative estimate of drug-likeness (QED) is 0.290. The molecule has 0 radical (unpaired) electrons. The van der Waals surface area contributed by atoms with Crippen LogP contribution >= 0.6 is 0 Å². The van der Waals surface area contributed by atoms with Crippen molar-refractivity contribution in [3.63, 3.8) is 0 Å². The first-order chi connectivity index (χ1) is 19.3. The predicted octanol–water partition coefficient (Wildman–Crippen LogP) is 3.72. The normalized spacial score (nSPS) is 15.7. The third kappa shape index (κ3) is 6.24. The van der Waals surface area contributed by atoms with Crippen molar-refractivity contribution in [2.75, 3.05) is 33.3 Å². The molecule has 2 aliphatic heterocycles. The van der Waals surface area contributed by atoms with Crippen molar-refractivity contribution in [1.82, 2.24) is 19.8 Å². The van der Waals surface area contributed by atoms with E-state index in [-0.39, 0.29) is 29.9 Å². The number of benzene rings is 1. The number of aromatic hydroxyl groups is 1. The molecule has 0 bridgehead atoms. The highest BCUT2D eigenvalue weighted by molar-refractivity contribution is 6.01. The Balaban J connectivity index is 1.46. The fourth-order valence-electron chi connectivity index (χ4n) is 4.83. The van der Waals surface area contributed by atoms with Crippen LogP contribution in [-0.2, 0) is 34.1 Å². The number of aromatic nitrogens is 1. The number of fused-ring (bicyclic) bond motifs is 1. The molecule has 0 atom stereocenters. The third-order valence-corrected chi connectivity index (χ3v) is 7.08. The van der Waals surface area contributed by atoms with Crippen molar-refractivity contribution in [3.8, 4) is 5.75 Å². The van der Waals surface area contributed by atoms with E-state index < -0.39 is 0 Å². The number of hydrogen-bond acceptors (Lipinski definition) is 8. The molecule has 4 rings (SSSR count). The smallest absolute Gasteiger partial charge is 0.294 e. The van der Waals surface area contributed by atoms with E-state index in [9.17, 15) is 14.7 Å². The molecule has 0 spiro atoms. The number of rotatable bonds is 9. The van der Waals surface area contributed by atoms with E-state index in [4.69, 9.17) is 9.47 Å². The summed E-state index contributed by atoms with van der Waals surface area (Å²) in [5.74, 6) is -0.797. The Bertz CT molecular complexity index is 1340. The summed E-state index contributed by atoms with van der Waals surface area (Å²) in [5.41, 5.74) is 5.78. The zero-order valence-electron chi connectivity index (χ0n) is 23.6. The monoisotopic (exact) mass is 547 g/mol. The number of hydrogen-bond donors (Lipinski definition) is 1. The summed E-state index contributed by atoms with van der Waals surface area (Å²) >= 11 is 0. The molecule has 212 valence electrons. The summed E-state index contributed by atoms with van der Waals surface area (Å²) in [6, 6.07) is 7.60. The highest BCUT2D eigenvalue weighted by atomic mass is 16.5. The molecule has 1 N–H and O–H groups in total. The van der Waals surface area contributed by atoms with Crippen molar-refractivity contribution in [2.24, 2.45) is 5.10 Å². The van der Waals surface area contributed by atoms with Crippen molar-refractivity contribution >= 4 is 17.5 Å². The van der Waals surface area contributed by atoms with Crippen LogP contribution in [0.3, 0.4) is 0 Å². The van der Waals surface area contributed by atoms with Gasteiger partial charge >= 0.3 is 0 Å². The summed E-state index contributed by atoms with van der Waals surface area (Å²) in [6.07, 6.45) is 3.94. The Morgan fingerprint density at radius 3 is 2.55 bits per heavy atom. The molecule has 2 aromatic rings. The lowest BCUT2D eigenvalue weighted by atomic mass is 10.0. The van der Waals surface area contributed by atoms with E-state index >= 15 is 0 Å². The van der Waals surface area contributed by atoms with Crippen molar-refractivity contribution < 1.29 is 24.2 Å². The van der Waals surface area contributed by atoms with Crippen LogP contribution in [-0.4, -0.2) is 75.7 Å². The number of carbonyl (C=O) groups is 2. The largest absolute Gasteiger partial charge is 0.505 e. The van der Waals surface area contributed by atoms with Gasteiger partial charge < -0.3 is 24.4 Å². The molecule has 1 aromatic heterocycles. The number of nitrogens with zero attached hydrogens (tertiary/aromatic N) is 5. The first-order valence-electron chi connectivity index (χ1n) is 13.4. The second-order valence-electron chi connectivity index (χ2n) is 9.82. The van der Waals surface area contributed by atoms with Crippen molar-refractivity contribution in [1.29, 1.82) is 0 Å². The molecule has 10 nitrogen and oxygen atoms in total. The highest BCUT2D eigenvalue weighted by Crippen LogP contribution is 2.24. The predicted molar refractivity (Wildman–Crippen MR) is 151 cm³/mol. The molecule has 2 aliphatic rings. The van der Waals surface area contributed by atoms with Gasteiger partial charge in [0.2, 0.25) is 0 Å². The molecule has 40 heavy (non-hydrogen) atoms. The van der Waals surface area contributed by atoms with Crippen LogP contribution in [0.4, 0.5) is 0 Å². The molecule has 1 fully saturated rings. The zero-order valence-corrected chi connectivity index (χ0v) is 23.6. The van der Waals surface area contributed by atoms with Gasteiger partial charge in [-0.1, -0.05) is 31.7 Å². The van der Waals surface area contributed by atoms with Crippen LogP contribution in [0.1, 0.15) is 58.7 Å². The lowest BCUT2D eigenvalue weighted by Gasteiger charge is -2.37. The minimum atomic E-state index is -0.352. The van der Waals surface area contributed by atoms with E-state index in [2.05, 4.69) is 16.7 Å². The Morgan fingerprint density at radius 2 is 1.88 bits per heavy atom. The summed E-state index contributed by atoms with van der Waals surface area (Å²) < 4.78 is 10.7. The highest BCUT2D eigenvalue weighted by Gasteiger charge is 2.29. The van der Waals surface area contributed by atoms with Gasteiger partial charge in [-0.15, -0.1) is 0 Å². The molecule has 2 amide bonds. The van der Waals surface area contributed by atoms with E-state index in [1.807, 2.05) is 49.9 Å². The molecule has 0 saturated carbocycles. The van der Waals surface area contributed by atoms with Crippen molar-refractivity contribution in [3.05, 3.63) is 82.5 Å².